The lowest BCUT2D eigenvalue weighted by Gasteiger charge is -2.17. The van der Waals surface area contributed by atoms with Crippen molar-refractivity contribution in [2.24, 2.45) is 0 Å². The molecule has 0 saturated heterocycles. The van der Waals surface area contributed by atoms with Crippen molar-refractivity contribution in [1.29, 1.82) is 0 Å². The number of hydrogen-bond acceptors (Lipinski definition) is 3. The highest BCUT2D eigenvalue weighted by Crippen LogP contribution is 2.31. The second-order valence-corrected chi connectivity index (χ2v) is 5.16. The van der Waals surface area contributed by atoms with Gasteiger partial charge in [-0.3, -0.25) is 9.89 Å². The summed E-state index contributed by atoms with van der Waals surface area (Å²) in [7, 11) is 0. The largest absolute Gasteiger partial charge is 0.478 e. The van der Waals surface area contributed by atoms with Crippen LogP contribution in [0.1, 0.15) is 37.7 Å². The van der Waals surface area contributed by atoms with Gasteiger partial charge in [0.15, 0.2) is 0 Å². The monoisotopic (exact) mass is 285 g/mol. The van der Waals surface area contributed by atoms with Gasteiger partial charge < -0.3 is 10.0 Å². The topological polar surface area (TPSA) is 86.3 Å². The van der Waals surface area contributed by atoms with E-state index in [0.717, 1.165) is 16.9 Å². The summed E-state index contributed by atoms with van der Waals surface area (Å²) >= 11 is 0. The second-order valence-electron chi connectivity index (χ2n) is 5.16. The minimum absolute atomic E-state index is 0.0967. The molecule has 2 heterocycles. The van der Waals surface area contributed by atoms with Crippen molar-refractivity contribution in [3.8, 4) is 0 Å². The molecule has 2 aromatic rings. The fourth-order valence-corrected chi connectivity index (χ4v) is 2.75. The molecule has 1 aromatic heterocycles. The lowest BCUT2D eigenvalue weighted by Crippen LogP contribution is -2.29. The molecule has 108 valence electrons. The number of carbonyl (C=O) groups is 2. The van der Waals surface area contributed by atoms with Crippen LogP contribution >= 0.6 is 0 Å². The van der Waals surface area contributed by atoms with E-state index in [0.29, 0.717) is 24.2 Å². The number of carboxylic acids is 1. The van der Waals surface area contributed by atoms with Gasteiger partial charge in [0.2, 0.25) is 0 Å². The number of anilines is 1. The Labute approximate surface area is 121 Å². The van der Waals surface area contributed by atoms with Gasteiger partial charge in [-0.25, -0.2) is 4.79 Å². The molecule has 2 N–H and O–H groups in total. The number of nitrogens with one attached hydrogen (secondary N) is 1. The summed E-state index contributed by atoms with van der Waals surface area (Å²) in [6.45, 7) is 4.17. The van der Waals surface area contributed by atoms with Gasteiger partial charge in [0.05, 0.1) is 16.8 Å². The van der Waals surface area contributed by atoms with Crippen LogP contribution in [0.3, 0.4) is 0 Å². The fourth-order valence-electron chi connectivity index (χ4n) is 2.75. The second kappa shape index (κ2) is 4.73. The van der Waals surface area contributed by atoms with Crippen molar-refractivity contribution in [2.45, 2.75) is 20.3 Å². The number of hydrogen-bond donors (Lipinski definition) is 2. The average Bonchev–Trinajstić information content (AvgIpc) is 3.01. The van der Waals surface area contributed by atoms with Crippen molar-refractivity contribution < 1.29 is 14.7 Å². The Kier molecular flexibility index (Phi) is 3.01. The Bertz CT molecular complexity index is 729. The molecule has 0 aliphatic carbocycles. The Hall–Kier alpha value is -2.63. The number of amides is 1. The summed E-state index contributed by atoms with van der Waals surface area (Å²) < 4.78 is 0. The molecule has 0 saturated carbocycles. The minimum Gasteiger partial charge on any atom is -0.478 e. The number of aryl methyl sites for hydroxylation is 2. The van der Waals surface area contributed by atoms with E-state index in [-0.39, 0.29) is 11.5 Å². The Morgan fingerprint density at radius 2 is 2.10 bits per heavy atom. The van der Waals surface area contributed by atoms with Crippen LogP contribution in [0.4, 0.5) is 5.69 Å². The number of aromatic nitrogens is 2. The molecule has 1 aliphatic rings. The van der Waals surface area contributed by atoms with Crippen LogP contribution in [0.2, 0.25) is 0 Å². The first kappa shape index (κ1) is 13.4. The molecule has 0 atom stereocenters. The number of fused-ring (bicyclic) bond motifs is 1. The van der Waals surface area contributed by atoms with E-state index in [1.54, 1.807) is 24.0 Å². The Morgan fingerprint density at radius 3 is 2.71 bits per heavy atom. The van der Waals surface area contributed by atoms with Crippen LogP contribution in [-0.4, -0.2) is 33.7 Å². The summed E-state index contributed by atoms with van der Waals surface area (Å²) in [4.78, 5) is 25.4. The van der Waals surface area contributed by atoms with Gasteiger partial charge in [0.25, 0.3) is 5.91 Å². The van der Waals surface area contributed by atoms with Gasteiger partial charge in [-0.1, -0.05) is 0 Å². The first-order valence-corrected chi connectivity index (χ1v) is 6.68. The molecule has 0 bridgehead atoms. The van der Waals surface area contributed by atoms with Crippen LogP contribution in [0.15, 0.2) is 18.2 Å². The van der Waals surface area contributed by atoms with Crippen LogP contribution < -0.4 is 4.90 Å². The van der Waals surface area contributed by atoms with E-state index < -0.39 is 5.97 Å². The smallest absolute Gasteiger partial charge is 0.335 e. The Balaban J connectivity index is 1.98. The summed E-state index contributed by atoms with van der Waals surface area (Å²) in [5.74, 6) is -1.05. The number of aromatic carboxylic acids is 1. The summed E-state index contributed by atoms with van der Waals surface area (Å²) in [6, 6.07) is 4.87. The number of rotatable bonds is 2. The average molecular weight is 285 g/mol. The first-order valence-electron chi connectivity index (χ1n) is 6.68. The number of carboxylic acid groups (broad SMARTS) is 1. The minimum atomic E-state index is -0.955. The normalized spacial score (nSPS) is 13.3. The Morgan fingerprint density at radius 1 is 1.33 bits per heavy atom. The van der Waals surface area contributed by atoms with Crippen LogP contribution in [0.5, 0.6) is 0 Å². The molecule has 0 fully saturated rings. The molecular weight excluding hydrogens is 270 g/mol. The van der Waals surface area contributed by atoms with E-state index in [9.17, 15) is 9.59 Å². The van der Waals surface area contributed by atoms with Crippen LogP contribution in [-0.2, 0) is 6.42 Å². The van der Waals surface area contributed by atoms with Crippen molar-refractivity contribution in [2.75, 3.05) is 11.4 Å². The van der Waals surface area contributed by atoms with Gasteiger partial charge in [-0.15, -0.1) is 0 Å². The van der Waals surface area contributed by atoms with E-state index in [4.69, 9.17) is 5.11 Å². The fraction of sp³-hybridized carbons (Fsp3) is 0.267. The number of aromatic amines is 1. The van der Waals surface area contributed by atoms with Gasteiger partial charge in [-0.2, -0.15) is 5.10 Å². The maximum Gasteiger partial charge on any atom is 0.335 e. The lowest BCUT2D eigenvalue weighted by atomic mass is 10.1. The van der Waals surface area contributed by atoms with Gasteiger partial charge >= 0.3 is 5.97 Å². The zero-order chi connectivity index (χ0) is 15.1. The van der Waals surface area contributed by atoms with Crippen LogP contribution in [0.25, 0.3) is 0 Å². The molecular formula is C15H15N3O3. The molecule has 0 unspecified atom stereocenters. The third kappa shape index (κ3) is 2.08. The zero-order valence-corrected chi connectivity index (χ0v) is 11.8. The van der Waals surface area contributed by atoms with Gasteiger partial charge in [0.1, 0.15) is 0 Å². The van der Waals surface area contributed by atoms with E-state index >= 15 is 0 Å². The third-order valence-electron chi connectivity index (χ3n) is 3.81. The molecule has 3 rings (SSSR count). The van der Waals surface area contributed by atoms with E-state index in [1.165, 1.54) is 6.07 Å². The predicted octanol–water partition coefficient (Wildman–Crippen LogP) is 1.93. The predicted molar refractivity (Wildman–Crippen MR) is 76.8 cm³/mol. The maximum atomic E-state index is 12.7. The molecule has 6 heteroatoms. The molecule has 6 nitrogen and oxygen atoms in total. The highest BCUT2D eigenvalue weighted by atomic mass is 16.4. The third-order valence-corrected chi connectivity index (χ3v) is 3.81. The molecule has 1 aromatic carbocycles. The van der Waals surface area contributed by atoms with E-state index in [2.05, 4.69) is 10.2 Å². The highest BCUT2D eigenvalue weighted by Gasteiger charge is 2.29. The van der Waals surface area contributed by atoms with Gasteiger partial charge in [0, 0.05) is 17.9 Å². The number of H-pyrrole nitrogens is 1. The van der Waals surface area contributed by atoms with Crippen molar-refractivity contribution >= 4 is 17.6 Å². The van der Waals surface area contributed by atoms with Crippen molar-refractivity contribution in [3.05, 3.63) is 46.3 Å². The molecule has 21 heavy (non-hydrogen) atoms. The highest BCUT2D eigenvalue weighted by molar-refractivity contribution is 6.08. The number of carbonyl (C=O) groups excluding carboxylic acids is 1. The standard InChI is InChI=1S/C15H15N3O3/c1-8-13(9(2)17-16-8)14(19)18-6-5-10-7-11(15(20)21)3-4-12(10)18/h3-4,7H,5-6H2,1-2H3,(H,16,17)(H,20,21). The van der Waals surface area contributed by atoms with Crippen LogP contribution in [0, 0.1) is 13.8 Å². The zero-order valence-electron chi connectivity index (χ0n) is 11.8. The van der Waals surface area contributed by atoms with E-state index in [1.807, 2.05) is 6.92 Å². The quantitative estimate of drug-likeness (QED) is 0.882. The molecule has 1 amide bonds. The number of nitrogens with zero attached hydrogens (tertiary/aromatic N) is 2. The summed E-state index contributed by atoms with van der Waals surface area (Å²) in [6.07, 6.45) is 0.665. The van der Waals surface area contributed by atoms with Crippen molar-refractivity contribution in [1.82, 2.24) is 10.2 Å². The molecule has 0 spiro atoms. The summed E-state index contributed by atoms with van der Waals surface area (Å²) in [5, 5.41) is 15.9. The summed E-state index contributed by atoms with van der Waals surface area (Å²) in [5.41, 5.74) is 3.93. The van der Waals surface area contributed by atoms with Gasteiger partial charge in [-0.05, 0) is 44.0 Å². The number of benzene rings is 1. The SMILES string of the molecule is Cc1n[nH]c(C)c1C(=O)N1CCc2cc(C(=O)O)ccc21. The lowest BCUT2D eigenvalue weighted by molar-refractivity contribution is 0.0696. The van der Waals surface area contributed by atoms with Crippen molar-refractivity contribution in [3.63, 3.8) is 0 Å². The first-order chi connectivity index (χ1) is 9.99. The maximum absolute atomic E-state index is 12.7. The molecule has 0 radical (unpaired) electrons. The molecule has 1 aliphatic heterocycles.